The summed E-state index contributed by atoms with van der Waals surface area (Å²) in [6.07, 6.45) is 0.101. The number of hydrogen-bond donors (Lipinski definition) is 0. The number of halogens is 2. The molecule has 0 aromatic heterocycles. The zero-order chi connectivity index (χ0) is 11.4. The van der Waals surface area contributed by atoms with Gasteiger partial charge in [-0.15, -0.1) is 11.6 Å². The van der Waals surface area contributed by atoms with Gasteiger partial charge in [-0.25, -0.2) is 0 Å². The van der Waals surface area contributed by atoms with Crippen molar-refractivity contribution in [3.05, 3.63) is 38.3 Å². The lowest BCUT2D eigenvalue weighted by Gasteiger charge is -2.01. The van der Waals surface area contributed by atoms with E-state index in [1.165, 1.54) is 12.1 Å². The van der Waals surface area contributed by atoms with E-state index in [0.29, 0.717) is 4.47 Å². The minimum atomic E-state index is -0.577. The fourth-order valence-electron chi connectivity index (χ4n) is 1.11. The highest BCUT2D eigenvalue weighted by atomic mass is 79.9. The van der Waals surface area contributed by atoms with Gasteiger partial charge in [-0.1, -0.05) is 15.9 Å². The van der Waals surface area contributed by atoms with Crippen LogP contribution in [0.15, 0.2) is 22.7 Å². The first-order chi connectivity index (χ1) is 7.06. The maximum Gasteiger partial charge on any atom is 0.281 e. The van der Waals surface area contributed by atoms with Crippen LogP contribution < -0.4 is 0 Å². The third-order valence-corrected chi connectivity index (χ3v) is 2.46. The van der Waals surface area contributed by atoms with Gasteiger partial charge in [0.15, 0.2) is 5.78 Å². The molecule has 0 saturated carbocycles. The van der Waals surface area contributed by atoms with Crippen LogP contribution in [0.5, 0.6) is 0 Å². The van der Waals surface area contributed by atoms with E-state index in [0.717, 1.165) is 0 Å². The molecule has 0 aliphatic rings. The summed E-state index contributed by atoms with van der Waals surface area (Å²) in [6.45, 7) is 0. The Morgan fingerprint density at radius 3 is 2.73 bits per heavy atom. The average Bonchev–Trinajstić information content (AvgIpc) is 2.17. The molecule has 4 nitrogen and oxygen atoms in total. The number of nitrogens with zero attached hydrogens (tertiary/aromatic N) is 1. The summed E-state index contributed by atoms with van der Waals surface area (Å²) in [7, 11) is 0. The van der Waals surface area contributed by atoms with Crippen LogP contribution in [0, 0.1) is 10.1 Å². The molecule has 0 fully saturated rings. The Hall–Kier alpha value is -0.940. The lowest BCUT2D eigenvalue weighted by molar-refractivity contribution is -0.385. The number of nitro benzene ring substituents is 1. The lowest BCUT2D eigenvalue weighted by atomic mass is 10.1. The topological polar surface area (TPSA) is 60.2 Å². The first kappa shape index (κ1) is 12.1. The maximum atomic E-state index is 11.5. The van der Waals surface area contributed by atoms with Crippen molar-refractivity contribution < 1.29 is 9.72 Å². The molecular formula is C9H7BrClNO3. The molecule has 15 heavy (non-hydrogen) atoms. The maximum absolute atomic E-state index is 11.5. The van der Waals surface area contributed by atoms with Crippen LogP contribution in [0.1, 0.15) is 16.8 Å². The molecular weight excluding hydrogens is 285 g/mol. The van der Waals surface area contributed by atoms with Gasteiger partial charge in [0.1, 0.15) is 0 Å². The molecule has 1 aromatic rings. The molecule has 0 aliphatic heterocycles. The fraction of sp³-hybridized carbons (Fsp3) is 0.222. The number of nitro groups is 1. The lowest BCUT2D eigenvalue weighted by Crippen LogP contribution is -2.04. The molecule has 0 aliphatic carbocycles. The van der Waals surface area contributed by atoms with Gasteiger partial charge in [-0.2, -0.15) is 0 Å². The minimum absolute atomic E-state index is 0.101. The van der Waals surface area contributed by atoms with Crippen molar-refractivity contribution in [2.45, 2.75) is 6.42 Å². The van der Waals surface area contributed by atoms with Gasteiger partial charge in [0.25, 0.3) is 5.69 Å². The molecule has 1 aromatic carbocycles. The Morgan fingerprint density at radius 1 is 1.53 bits per heavy atom. The Bertz CT molecular complexity index is 408. The quantitative estimate of drug-likeness (QED) is 0.371. The van der Waals surface area contributed by atoms with Gasteiger partial charge in [0.2, 0.25) is 0 Å². The predicted molar refractivity (Wildman–Crippen MR) is 60.5 cm³/mol. The van der Waals surface area contributed by atoms with E-state index in [-0.39, 0.29) is 29.3 Å². The highest BCUT2D eigenvalue weighted by Crippen LogP contribution is 2.24. The van der Waals surface area contributed by atoms with Crippen molar-refractivity contribution in [1.29, 1.82) is 0 Å². The van der Waals surface area contributed by atoms with Gasteiger partial charge in [0.05, 0.1) is 10.5 Å². The number of ketones is 1. The summed E-state index contributed by atoms with van der Waals surface area (Å²) < 4.78 is 0.566. The smallest absolute Gasteiger partial charge is 0.281 e. The molecule has 80 valence electrons. The van der Waals surface area contributed by atoms with Crippen LogP contribution in [0.2, 0.25) is 0 Å². The molecule has 0 saturated heterocycles. The molecule has 0 unspecified atom stereocenters. The van der Waals surface area contributed by atoms with E-state index in [9.17, 15) is 14.9 Å². The second-order valence-corrected chi connectivity index (χ2v) is 4.07. The SMILES string of the molecule is O=C(CCCl)c1ccc(Br)cc1[N+](=O)[O-]. The van der Waals surface area contributed by atoms with Gasteiger partial charge >= 0.3 is 0 Å². The second kappa shape index (κ2) is 5.23. The van der Waals surface area contributed by atoms with Crippen molar-refractivity contribution in [3.63, 3.8) is 0 Å². The number of hydrogen-bond acceptors (Lipinski definition) is 3. The number of carbonyl (C=O) groups is 1. The Kier molecular flexibility index (Phi) is 4.23. The number of benzene rings is 1. The molecule has 0 amide bonds. The van der Waals surface area contributed by atoms with E-state index < -0.39 is 4.92 Å². The van der Waals surface area contributed by atoms with Crippen LogP contribution in [0.25, 0.3) is 0 Å². The first-order valence-corrected chi connectivity index (χ1v) is 5.42. The Labute approximate surface area is 99.5 Å². The molecule has 0 spiro atoms. The van der Waals surface area contributed by atoms with Crippen LogP contribution >= 0.6 is 27.5 Å². The zero-order valence-electron chi connectivity index (χ0n) is 7.57. The van der Waals surface area contributed by atoms with Crippen molar-refractivity contribution in [2.24, 2.45) is 0 Å². The van der Waals surface area contributed by atoms with Gasteiger partial charge in [0, 0.05) is 22.8 Å². The summed E-state index contributed by atoms with van der Waals surface area (Å²) in [4.78, 5) is 21.6. The number of rotatable bonds is 4. The predicted octanol–water partition coefficient (Wildman–Crippen LogP) is 3.17. The number of alkyl halides is 1. The minimum Gasteiger partial charge on any atom is -0.294 e. The van der Waals surface area contributed by atoms with E-state index in [2.05, 4.69) is 15.9 Å². The molecule has 0 atom stereocenters. The second-order valence-electron chi connectivity index (χ2n) is 2.78. The van der Waals surface area contributed by atoms with Crippen LogP contribution in [0.3, 0.4) is 0 Å². The Morgan fingerprint density at radius 2 is 2.20 bits per heavy atom. The van der Waals surface area contributed by atoms with E-state index >= 15 is 0 Å². The monoisotopic (exact) mass is 291 g/mol. The largest absolute Gasteiger partial charge is 0.294 e. The van der Waals surface area contributed by atoms with E-state index in [1.807, 2.05) is 0 Å². The van der Waals surface area contributed by atoms with Crippen LogP contribution in [-0.4, -0.2) is 16.6 Å². The third kappa shape index (κ3) is 3.00. The summed E-state index contributed by atoms with van der Waals surface area (Å²) >= 11 is 8.52. The summed E-state index contributed by atoms with van der Waals surface area (Å²) in [6, 6.07) is 4.33. The third-order valence-electron chi connectivity index (χ3n) is 1.78. The Balaban J connectivity index is 3.17. The summed E-state index contributed by atoms with van der Waals surface area (Å²) in [5.74, 6) is -0.157. The highest BCUT2D eigenvalue weighted by Gasteiger charge is 2.19. The van der Waals surface area contributed by atoms with Crippen molar-refractivity contribution in [2.75, 3.05) is 5.88 Å². The summed E-state index contributed by atoms with van der Waals surface area (Å²) in [5, 5.41) is 10.7. The summed E-state index contributed by atoms with van der Waals surface area (Å²) in [5.41, 5.74) is -0.0941. The first-order valence-electron chi connectivity index (χ1n) is 4.09. The molecule has 0 bridgehead atoms. The van der Waals surface area contributed by atoms with Crippen molar-refractivity contribution in [3.8, 4) is 0 Å². The number of carbonyl (C=O) groups excluding carboxylic acids is 1. The zero-order valence-corrected chi connectivity index (χ0v) is 9.92. The van der Waals surface area contributed by atoms with Crippen LogP contribution in [0.4, 0.5) is 5.69 Å². The van der Waals surface area contributed by atoms with Gasteiger partial charge in [-0.3, -0.25) is 14.9 Å². The van der Waals surface area contributed by atoms with Crippen molar-refractivity contribution >= 4 is 39.0 Å². The van der Waals surface area contributed by atoms with Crippen LogP contribution in [-0.2, 0) is 0 Å². The highest BCUT2D eigenvalue weighted by molar-refractivity contribution is 9.10. The normalized spacial score (nSPS) is 10.0. The molecule has 0 heterocycles. The van der Waals surface area contributed by atoms with E-state index in [1.54, 1.807) is 6.07 Å². The standard InChI is InChI=1S/C9H7BrClNO3/c10-6-1-2-7(9(13)3-4-11)8(5-6)12(14)15/h1-2,5H,3-4H2. The molecule has 0 N–H and O–H groups in total. The fourth-order valence-corrected chi connectivity index (χ4v) is 1.63. The molecule has 1 rings (SSSR count). The average molecular weight is 293 g/mol. The van der Waals surface area contributed by atoms with Gasteiger partial charge < -0.3 is 0 Å². The molecule has 0 radical (unpaired) electrons. The van der Waals surface area contributed by atoms with E-state index in [4.69, 9.17) is 11.6 Å². The molecule has 6 heteroatoms. The van der Waals surface area contributed by atoms with Gasteiger partial charge in [-0.05, 0) is 12.1 Å². The van der Waals surface area contributed by atoms with Crippen molar-refractivity contribution in [1.82, 2.24) is 0 Å². The number of Topliss-reactive ketones (excluding diaryl/α,β-unsaturated/α-hetero) is 1.